The van der Waals surface area contributed by atoms with Gasteiger partial charge in [0.15, 0.2) is 0 Å². The van der Waals surface area contributed by atoms with Crippen molar-refractivity contribution in [2.75, 3.05) is 4.90 Å². The maximum Gasteiger partial charge on any atom is 0.0625 e. The number of benzene rings is 8. The van der Waals surface area contributed by atoms with Crippen LogP contribution in [-0.2, 0) is 0 Å². The summed E-state index contributed by atoms with van der Waals surface area (Å²) in [7, 11) is 0. The lowest BCUT2D eigenvalue weighted by atomic mass is 9.95. The molecule has 0 bridgehead atoms. The van der Waals surface area contributed by atoms with Crippen molar-refractivity contribution in [3.05, 3.63) is 182 Å². The fraction of sp³-hybridized carbons (Fsp3) is 0. The monoisotopic (exact) mass is 586 g/mol. The number of hydrogen-bond donors (Lipinski definition) is 0. The smallest absolute Gasteiger partial charge is 0.0625 e. The molecule has 0 N–H and O–H groups in total. The first kappa shape index (κ1) is 26.3. The highest BCUT2D eigenvalue weighted by Gasteiger charge is 2.21. The van der Waals surface area contributed by atoms with Crippen LogP contribution in [0.25, 0.3) is 60.2 Å². The predicted molar refractivity (Wildman–Crippen MR) is 196 cm³/mol. The Hall–Kier alpha value is -6.12. The third-order valence-electron chi connectivity index (χ3n) is 9.10. The van der Waals surface area contributed by atoms with Gasteiger partial charge < -0.3 is 9.47 Å². The highest BCUT2D eigenvalue weighted by molar-refractivity contribution is 6.24. The molecule has 0 radical (unpaired) electrons. The maximum absolute atomic E-state index is 2.49. The Morgan fingerprint density at radius 3 is 1.72 bits per heavy atom. The van der Waals surface area contributed by atoms with Crippen molar-refractivity contribution in [1.29, 1.82) is 0 Å². The lowest BCUT2D eigenvalue weighted by Gasteiger charge is -2.25. The summed E-state index contributed by atoms with van der Waals surface area (Å²) >= 11 is 0. The minimum atomic E-state index is 1.11. The molecule has 9 aromatic rings. The van der Waals surface area contributed by atoms with Gasteiger partial charge in [0.25, 0.3) is 0 Å². The molecule has 216 valence electrons. The van der Waals surface area contributed by atoms with Gasteiger partial charge in [-0.15, -0.1) is 0 Å². The van der Waals surface area contributed by atoms with Crippen molar-refractivity contribution in [2.45, 2.75) is 0 Å². The van der Waals surface area contributed by atoms with Crippen molar-refractivity contribution >= 4 is 60.4 Å². The average Bonchev–Trinajstić information content (AvgIpc) is 3.47. The average molecular weight is 587 g/mol. The Morgan fingerprint density at radius 1 is 0.391 bits per heavy atom. The second-order valence-corrected chi connectivity index (χ2v) is 11.8. The summed E-state index contributed by atoms with van der Waals surface area (Å²) in [5.74, 6) is 0. The van der Waals surface area contributed by atoms with Crippen LogP contribution in [0.15, 0.2) is 182 Å². The molecule has 8 aromatic carbocycles. The van der Waals surface area contributed by atoms with Crippen molar-refractivity contribution in [2.24, 2.45) is 0 Å². The van der Waals surface area contributed by atoms with E-state index in [-0.39, 0.29) is 0 Å². The Balaban J connectivity index is 1.44. The van der Waals surface area contributed by atoms with E-state index in [0.717, 1.165) is 22.7 Å². The molecule has 2 nitrogen and oxygen atoms in total. The lowest BCUT2D eigenvalue weighted by Crippen LogP contribution is -2.09. The molecule has 0 fully saturated rings. The second-order valence-electron chi connectivity index (χ2n) is 11.8. The minimum Gasteiger partial charge on any atom is -0.310 e. The van der Waals surface area contributed by atoms with Gasteiger partial charge in [0.1, 0.15) is 0 Å². The Bertz CT molecular complexity index is 2470. The lowest BCUT2D eigenvalue weighted by molar-refractivity contribution is 1.19. The first-order chi connectivity index (χ1) is 22.8. The zero-order valence-corrected chi connectivity index (χ0v) is 25.2. The zero-order valence-electron chi connectivity index (χ0n) is 25.2. The molecule has 9 rings (SSSR count). The number of fused-ring (bicyclic) bond motifs is 6. The van der Waals surface area contributed by atoms with Gasteiger partial charge in [-0.05, 0) is 81.9 Å². The molecule has 0 unspecified atom stereocenters. The van der Waals surface area contributed by atoms with Crippen LogP contribution >= 0.6 is 0 Å². The Kier molecular flexibility index (Phi) is 6.17. The normalized spacial score (nSPS) is 11.5. The summed E-state index contributed by atoms with van der Waals surface area (Å²) in [5.41, 5.74) is 9.37. The quantitative estimate of drug-likeness (QED) is 0.195. The van der Waals surface area contributed by atoms with Gasteiger partial charge in [0, 0.05) is 38.9 Å². The molecular formula is C44H30N2. The number of aromatic nitrogens is 1. The number of nitrogens with zero attached hydrogens (tertiary/aromatic N) is 2. The number of hydrogen-bond acceptors (Lipinski definition) is 1. The number of anilines is 3. The van der Waals surface area contributed by atoms with E-state index in [1.165, 1.54) is 54.5 Å². The van der Waals surface area contributed by atoms with E-state index in [1.807, 2.05) is 0 Å². The molecule has 1 heterocycles. The molecular weight excluding hydrogens is 556 g/mol. The van der Waals surface area contributed by atoms with Gasteiger partial charge in [-0.3, -0.25) is 0 Å². The van der Waals surface area contributed by atoms with Crippen LogP contribution in [0.5, 0.6) is 0 Å². The summed E-state index contributed by atoms with van der Waals surface area (Å²) in [6, 6.07) is 65.7. The summed E-state index contributed by atoms with van der Waals surface area (Å²) in [6.07, 6.45) is 0. The van der Waals surface area contributed by atoms with Gasteiger partial charge in [0.05, 0.1) is 11.0 Å². The highest BCUT2D eigenvalue weighted by Crippen LogP contribution is 2.45. The molecule has 0 aliphatic rings. The topological polar surface area (TPSA) is 8.17 Å². The fourth-order valence-corrected chi connectivity index (χ4v) is 7.04. The minimum absolute atomic E-state index is 1.11. The van der Waals surface area contributed by atoms with Crippen LogP contribution in [0.2, 0.25) is 0 Å². The molecule has 0 atom stereocenters. The zero-order chi connectivity index (χ0) is 30.5. The van der Waals surface area contributed by atoms with Crippen LogP contribution in [0, 0.1) is 0 Å². The molecule has 0 aliphatic heterocycles. The molecule has 0 aliphatic carbocycles. The maximum atomic E-state index is 2.49. The second kappa shape index (κ2) is 10.8. The standard InChI is InChI=1S/C44H30N2/c1-4-15-32(16-5-1)41-29-34-18-12-13-23-39(34)44-43(41)40-27-26-38(45(35-19-6-2-7-20-35)36-21-8-3-9-22-36)30-42(40)46(44)37-25-24-31-14-10-11-17-33(31)28-37/h1-30H. The van der Waals surface area contributed by atoms with Crippen LogP contribution in [0.4, 0.5) is 17.1 Å². The Morgan fingerprint density at radius 2 is 1.00 bits per heavy atom. The van der Waals surface area contributed by atoms with Gasteiger partial charge in [0.2, 0.25) is 0 Å². The fourth-order valence-electron chi connectivity index (χ4n) is 7.04. The van der Waals surface area contributed by atoms with Crippen LogP contribution < -0.4 is 4.90 Å². The van der Waals surface area contributed by atoms with E-state index >= 15 is 0 Å². The summed E-state index contributed by atoms with van der Waals surface area (Å²) in [6.45, 7) is 0. The van der Waals surface area contributed by atoms with Crippen LogP contribution in [0.3, 0.4) is 0 Å². The van der Waals surface area contributed by atoms with E-state index in [1.54, 1.807) is 0 Å². The molecule has 0 amide bonds. The van der Waals surface area contributed by atoms with E-state index in [9.17, 15) is 0 Å². The summed E-state index contributed by atoms with van der Waals surface area (Å²) in [4.78, 5) is 2.35. The summed E-state index contributed by atoms with van der Waals surface area (Å²) in [5, 5.41) is 7.44. The predicted octanol–water partition coefficient (Wildman–Crippen LogP) is 12.2. The molecule has 0 saturated carbocycles. The molecule has 0 saturated heterocycles. The van der Waals surface area contributed by atoms with E-state index in [2.05, 4.69) is 191 Å². The van der Waals surface area contributed by atoms with Gasteiger partial charge >= 0.3 is 0 Å². The first-order valence-corrected chi connectivity index (χ1v) is 15.8. The third kappa shape index (κ3) is 4.27. The van der Waals surface area contributed by atoms with Gasteiger partial charge in [-0.2, -0.15) is 0 Å². The molecule has 2 heteroatoms. The summed E-state index contributed by atoms with van der Waals surface area (Å²) < 4.78 is 2.49. The highest BCUT2D eigenvalue weighted by atomic mass is 15.1. The van der Waals surface area contributed by atoms with Crippen molar-refractivity contribution in [3.8, 4) is 16.8 Å². The molecule has 46 heavy (non-hydrogen) atoms. The van der Waals surface area contributed by atoms with E-state index < -0.39 is 0 Å². The van der Waals surface area contributed by atoms with E-state index in [0.29, 0.717) is 0 Å². The van der Waals surface area contributed by atoms with Crippen LogP contribution in [0.1, 0.15) is 0 Å². The van der Waals surface area contributed by atoms with Gasteiger partial charge in [-0.25, -0.2) is 0 Å². The van der Waals surface area contributed by atoms with Crippen molar-refractivity contribution < 1.29 is 0 Å². The Labute approximate surface area is 268 Å². The number of para-hydroxylation sites is 2. The largest absolute Gasteiger partial charge is 0.310 e. The van der Waals surface area contributed by atoms with Gasteiger partial charge in [-0.1, -0.05) is 127 Å². The molecule has 1 aromatic heterocycles. The number of rotatable bonds is 5. The van der Waals surface area contributed by atoms with Crippen LogP contribution in [-0.4, -0.2) is 4.57 Å². The molecule has 0 spiro atoms. The first-order valence-electron chi connectivity index (χ1n) is 15.8. The SMILES string of the molecule is c1ccc(-c2cc3ccccc3c3c2c2ccc(N(c4ccccc4)c4ccccc4)cc2n3-c2ccc3ccccc3c2)cc1. The van der Waals surface area contributed by atoms with E-state index in [4.69, 9.17) is 0 Å². The van der Waals surface area contributed by atoms with Crippen molar-refractivity contribution in [3.63, 3.8) is 0 Å². The van der Waals surface area contributed by atoms with Crippen molar-refractivity contribution in [1.82, 2.24) is 4.57 Å². The third-order valence-corrected chi connectivity index (χ3v) is 9.10.